The van der Waals surface area contributed by atoms with Crippen LogP contribution in [0.1, 0.15) is 37.6 Å². The maximum atomic E-state index is 12.3. The van der Waals surface area contributed by atoms with Gasteiger partial charge in [-0.1, -0.05) is 19.9 Å². The van der Waals surface area contributed by atoms with Crippen LogP contribution in [-0.2, 0) is 9.59 Å². The van der Waals surface area contributed by atoms with Crippen LogP contribution in [0.25, 0.3) is 0 Å². The van der Waals surface area contributed by atoms with Crippen LogP contribution in [0.15, 0.2) is 24.3 Å². The zero-order valence-corrected chi connectivity index (χ0v) is 13.4. The molecule has 120 valence electrons. The van der Waals surface area contributed by atoms with Crippen LogP contribution < -0.4 is 16.0 Å². The Morgan fingerprint density at radius 3 is 2.41 bits per heavy atom. The predicted molar refractivity (Wildman–Crippen MR) is 85.5 cm³/mol. The molecule has 1 rings (SSSR count). The van der Waals surface area contributed by atoms with Crippen molar-refractivity contribution >= 4 is 23.4 Å². The van der Waals surface area contributed by atoms with Gasteiger partial charge in [0.05, 0.1) is 0 Å². The average Bonchev–Trinajstić information content (AvgIpc) is 2.44. The number of likely N-dealkylation sites (N-methyl/N-ethyl adjacent to an activating group) is 1. The Labute approximate surface area is 130 Å². The van der Waals surface area contributed by atoms with Gasteiger partial charge in [-0.3, -0.25) is 14.4 Å². The van der Waals surface area contributed by atoms with E-state index < -0.39 is 6.04 Å². The van der Waals surface area contributed by atoms with E-state index in [1.807, 2.05) is 13.8 Å². The smallest absolute Gasteiger partial charge is 0.252 e. The van der Waals surface area contributed by atoms with E-state index in [0.717, 1.165) is 0 Å². The summed E-state index contributed by atoms with van der Waals surface area (Å²) in [7, 11) is 1.54. The number of carbonyl (C=O) groups excluding carboxylic acids is 3. The number of hydrogen-bond acceptors (Lipinski definition) is 3. The molecule has 0 radical (unpaired) electrons. The summed E-state index contributed by atoms with van der Waals surface area (Å²) in [6, 6.07) is 6.01. The first kappa shape index (κ1) is 17.7. The van der Waals surface area contributed by atoms with Gasteiger partial charge in [0.25, 0.3) is 5.91 Å². The number of rotatable bonds is 6. The lowest BCUT2D eigenvalue weighted by Crippen LogP contribution is -2.46. The van der Waals surface area contributed by atoms with Crippen LogP contribution in [-0.4, -0.2) is 30.8 Å². The molecule has 0 bridgehead atoms. The van der Waals surface area contributed by atoms with Crippen LogP contribution in [0.5, 0.6) is 0 Å². The zero-order chi connectivity index (χ0) is 16.7. The number of anilines is 1. The van der Waals surface area contributed by atoms with E-state index in [2.05, 4.69) is 16.0 Å². The number of carbonyl (C=O) groups is 3. The lowest BCUT2D eigenvalue weighted by molar-refractivity contribution is -0.122. The highest BCUT2D eigenvalue weighted by Crippen LogP contribution is 2.12. The number of benzene rings is 1. The van der Waals surface area contributed by atoms with Gasteiger partial charge in [-0.25, -0.2) is 0 Å². The fourth-order valence-corrected chi connectivity index (χ4v) is 2.06. The molecule has 0 saturated carbocycles. The summed E-state index contributed by atoms with van der Waals surface area (Å²) in [5.74, 6) is -0.504. The summed E-state index contributed by atoms with van der Waals surface area (Å²) < 4.78 is 0. The van der Waals surface area contributed by atoms with Gasteiger partial charge in [-0.2, -0.15) is 0 Å². The standard InChI is InChI=1S/C16H23N3O3/c1-10(2)8-14(16(22)17-4)19-15(21)12-6-5-7-13(9-12)18-11(3)20/h5-7,9-10,14H,8H2,1-4H3,(H,17,22)(H,18,20)(H,19,21). The van der Waals surface area contributed by atoms with E-state index >= 15 is 0 Å². The van der Waals surface area contributed by atoms with E-state index in [0.29, 0.717) is 17.7 Å². The Bertz CT molecular complexity index is 555. The molecule has 1 aromatic carbocycles. The van der Waals surface area contributed by atoms with Gasteiger partial charge in [-0.15, -0.1) is 0 Å². The monoisotopic (exact) mass is 305 g/mol. The van der Waals surface area contributed by atoms with Crippen molar-refractivity contribution in [2.45, 2.75) is 33.2 Å². The van der Waals surface area contributed by atoms with Crippen molar-refractivity contribution in [3.63, 3.8) is 0 Å². The largest absolute Gasteiger partial charge is 0.357 e. The molecule has 0 fully saturated rings. The second kappa shape index (κ2) is 8.17. The number of nitrogens with one attached hydrogen (secondary N) is 3. The Hall–Kier alpha value is -2.37. The van der Waals surface area contributed by atoms with Crippen molar-refractivity contribution in [1.82, 2.24) is 10.6 Å². The highest BCUT2D eigenvalue weighted by Gasteiger charge is 2.21. The van der Waals surface area contributed by atoms with Crippen LogP contribution in [0.3, 0.4) is 0 Å². The Balaban J connectivity index is 2.85. The van der Waals surface area contributed by atoms with Crippen LogP contribution in [0, 0.1) is 5.92 Å². The molecule has 6 nitrogen and oxygen atoms in total. The Morgan fingerprint density at radius 2 is 1.86 bits per heavy atom. The Kier molecular flexibility index (Phi) is 6.56. The third kappa shape index (κ3) is 5.55. The van der Waals surface area contributed by atoms with E-state index in [1.165, 1.54) is 6.92 Å². The van der Waals surface area contributed by atoms with Gasteiger partial charge in [-0.05, 0) is 30.5 Å². The average molecular weight is 305 g/mol. The molecule has 0 aliphatic rings. The van der Waals surface area contributed by atoms with Crippen LogP contribution in [0.4, 0.5) is 5.69 Å². The van der Waals surface area contributed by atoms with Gasteiger partial charge in [0.2, 0.25) is 11.8 Å². The summed E-state index contributed by atoms with van der Waals surface area (Å²) in [5.41, 5.74) is 0.935. The number of amides is 3. The minimum absolute atomic E-state index is 0.208. The van der Waals surface area contributed by atoms with E-state index in [9.17, 15) is 14.4 Å². The molecular weight excluding hydrogens is 282 g/mol. The van der Waals surface area contributed by atoms with Gasteiger partial charge in [0.15, 0.2) is 0 Å². The van der Waals surface area contributed by atoms with Gasteiger partial charge in [0.1, 0.15) is 6.04 Å². The lowest BCUT2D eigenvalue weighted by atomic mass is 10.0. The van der Waals surface area contributed by atoms with Gasteiger partial charge < -0.3 is 16.0 Å². The Morgan fingerprint density at radius 1 is 1.18 bits per heavy atom. The first-order chi connectivity index (χ1) is 10.3. The maximum absolute atomic E-state index is 12.3. The summed E-state index contributed by atoms with van der Waals surface area (Å²) in [6.07, 6.45) is 0.552. The molecule has 1 unspecified atom stereocenters. The molecule has 0 saturated heterocycles. The summed E-state index contributed by atoms with van der Waals surface area (Å²) >= 11 is 0. The molecule has 6 heteroatoms. The first-order valence-corrected chi connectivity index (χ1v) is 7.23. The first-order valence-electron chi connectivity index (χ1n) is 7.23. The molecule has 0 aliphatic heterocycles. The highest BCUT2D eigenvalue weighted by atomic mass is 16.2. The summed E-state index contributed by atoms with van der Waals surface area (Å²) in [5, 5.41) is 7.91. The molecule has 1 aromatic rings. The van der Waals surface area contributed by atoms with E-state index in [1.54, 1.807) is 31.3 Å². The zero-order valence-electron chi connectivity index (χ0n) is 13.4. The second-order valence-electron chi connectivity index (χ2n) is 5.53. The third-order valence-electron chi connectivity index (χ3n) is 3.02. The second-order valence-corrected chi connectivity index (χ2v) is 5.53. The minimum atomic E-state index is -0.582. The predicted octanol–water partition coefficient (Wildman–Crippen LogP) is 1.54. The molecule has 0 aliphatic carbocycles. The topological polar surface area (TPSA) is 87.3 Å². The highest BCUT2D eigenvalue weighted by molar-refractivity contribution is 5.99. The normalized spacial score (nSPS) is 11.7. The van der Waals surface area contributed by atoms with Gasteiger partial charge >= 0.3 is 0 Å². The SMILES string of the molecule is CNC(=O)C(CC(C)C)NC(=O)c1cccc(NC(C)=O)c1. The van der Waals surface area contributed by atoms with Gasteiger partial charge in [0, 0.05) is 25.2 Å². The molecule has 1 atom stereocenters. The fraction of sp³-hybridized carbons (Fsp3) is 0.438. The molecular formula is C16H23N3O3. The summed E-state index contributed by atoms with van der Waals surface area (Å²) in [4.78, 5) is 35.2. The molecule has 0 heterocycles. The fourth-order valence-electron chi connectivity index (χ4n) is 2.06. The van der Waals surface area contributed by atoms with E-state index in [-0.39, 0.29) is 23.6 Å². The van der Waals surface area contributed by atoms with Crippen molar-refractivity contribution in [2.24, 2.45) is 5.92 Å². The molecule has 0 aromatic heterocycles. The van der Waals surface area contributed by atoms with Crippen molar-refractivity contribution in [3.8, 4) is 0 Å². The minimum Gasteiger partial charge on any atom is -0.357 e. The van der Waals surface area contributed by atoms with Crippen molar-refractivity contribution in [3.05, 3.63) is 29.8 Å². The maximum Gasteiger partial charge on any atom is 0.252 e. The van der Waals surface area contributed by atoms with Crippen molar-refractivity contribution in [2.75, 3.05) is 12.4 Å². The molecule has 0 spiro atoms. The third-order valence-corrected chi connectivity index (χ3v) is 3.02. The van der Waals surface area contributed by atoms with E-state index in [4.69, 9.17) is 0 Å². The van der Waals surface area contributed by atoms with Crippen LogP contribution in [0.2, 0.25) is 0 Å². The van der Waals surface area contributed by atoms with Crippen molar-refractivity contribution < 1.29 is 14.4 Å². The quantitative estimate of drug-likeness (QED) is 0.745. The number of hydrogen-bond donors (Lipinski definition) is 3. The summed E-state index contributed by atoms with van der Waals surface area (Å²) in [6.45, 7) is 5.37. The van der Waals surface area contributed by atoms with Crippen LogP contribution >= 0.6 is 0 Å². The molecule has 3 N–H and O–H groups in total. The lowest BCUT2D eigenvalue weighted by Gasteiger charge is -2.19. The molecule has 3 amide bonds. The molecule has 22 heavy (non-hydrogen) atoms. The van der Waals surface area contributed by atoms with Crippen molar-refractivity contribution in [1.29, 1.82) is 0 Å².